The summed E-state index contributed by atoms with van der Waals surface area (Å²) in [5.74, 6) is -0.832. The first-order chi connectivity index (χ1) is 13.0. The normalized spacial score (nSPS) is 10.5. The van der Waals surface area contributed by atoms with E-state index in [1.807, 2.05) is 0 Å². The molecular weight excluding hydrogens is 374 g/mol. The fraction of sp³-hybridized carbons (Fsp3) is 0.105. The van der Waals surface area contributed by atoms with Crippen LogP contribution in [-0.4, -0.2) is 22.4 Å². The van der Waals surface area contributed by atoms with Crippen LogP contribution in [0.3, 0.4) is 0 Å². The predicted molar refractivity (Wildman–Crippen MR) is 100.0 cm³/mol. The molecule has 0 aliphatic rings. The van der Waals surface area contributed by atoms with Crippen LogP contribution >= 0.6 is 11.6 Å². The molecular formula is C19H15ClF2N4O. The van der Waals surface area contributed by atoms with Crippen molar-refractivity contribution in [2.75, 3.05) is 17.2 Å². The van der Waals surface area contributed by atoms with E-state index in [0.717, 1.165) is 5.56 Å². The molecule has 0 spiro atoms. The van der Waals surface area contributed by atoms with Gasteiger partial charge in [0.1, 0.15) is 29.5 Å². The smallest absolute Gasteiger partial charge is 0.274 e. The van der Waals surface area contributed by atoms with Crippen molar-refractivity contribution in [3.05, 3.63) is 82.8 Å². The van der Waals surface area contributed by atoms with Crippen LogP contribution in [0.5, 0.6) is 0 Å². The summed E-state index contributed by atoms with van der Waals surface area (Å²) in [5.41, 5.74) is 1.48. The molecule has 138 valence electrons. The maximum atomic E-state index is 13.2. The van der Waals surface area contributed by atoms with Crippen molar-refractivity contribution in [3.63, 3.8) is 0 Å². The molecule has 0 fully saturated rings. The number of anilines is 2. The Hall–Kier alpha value is -3.06. The van der Waals surface area contributed by atoms with Gasteiger partial charge in [0.25, 0.3) is 5.91 Å². The van der Waals surface area contributed by atoms with Gasteiger partial charge in [-0.25, -0.2) is 18.7 Å². The van der Waals surface area contributed by atoms with Crippen LogP contribution in [-0.2, 0) is 6.42 Å². The van der Waals surface area contributed by atoms with Gasteiger partial charge in [0, 0.05) is 18.3 Å². The molecule has 0 saturated heterocycles. The molecule has 2 N–H and O–H groups in total. The summed E-state index contributed by atoms with van der Waals surface area (Å²) in [6, 6.07) is 11.6. The van der Waals surface area contributed by atoms with Gasteiger partial charge in [0.2, 0.25) is 0 Å². The fourth-order valence-corrected chi connectivity index (χ4v) is 2.51. The highest BCUT2D eigenvalue weighted by atomic mass is 35.5. The summed E-state index contributed by atoms with van der Waals surface area (Å²) in [6.45, 7) is 0.553. The minimum absolute atomic E-state index is 0.0846. The SMILES string of the molecule is O=C(Nc1ccc(F)c(Cl)c1)c1cc(NCCc2ccc(F)cc2)ncn1. The van der Waals surface area contributed by atoms with E-state index >= 15 is 0 Å². The molecule has 1 aromatic heterocycles. The first-order valence-electron chi connectivity index (χ1n) is 8.08. The molecule has 0 unspecified atom stereocenters. The first kappa shape index (κ1) is 18.7. The van der Waals surface area contributed by atoms with E-state index in [1.165, 1.54) is 42.7 Å². The van der Waals surface area contributed by atoms with Gasteiger partial charge in [-0.1, -0.05) is 23.7 Å². The molecule has 0 bridgehead atoms. The number of halogens is 3. The first-order valence-corrected chi connectivity index (χ1v) is 8.46. The van der Waals surface area contributed by atoms with E-state index in [4.69, 9.17) is 11.6 Å². The van der Waals surface area contributed by atoms with Crippen LogP contribution < -0.4 is 10.6 Å². The summed E-state index contributed by atoms with van der Waals surface area (Å²) in [5, 5.41) is 5.60. The zero-order chi connectivity index (χ0) is 19.2. The Morgan fingerprint density at radius 1 is 1.04 bits per heavy atom. The lowest BCUT2D eigenvalue weighted by Crippen LogP contribution is -2.15. The monoisotopic (exact) mass is 388 g/mol. The number of hydrogen-bond donors (Lipinski definition) is 2. The number of rotatable bonds is 6. The standard InChI is InChI=1S/C19H15ClF2N4O/c20-15-9-14(5-6-16(15)22)26-19(27)17-10-18(25-11-24-17)23-8-7-12-1-3-13(21)4-2-12/h1-6,9-11H,7-8H2,(H,26,27)(H,23,24,25). The van der Waals surface area contributed by atoms with Crippen LogP contribution in [0, 0.1) is 11.6 Å². The highest BCUT2D eigenvalue weighted by molar-refractivity contribution is 6.31. The van der Waals surface area contributed by atoms with Crippen molar-refractivity contribution in [2.24, 2.45) is 0 Å². The average Bonchev–Trinajstić information content (AvgIpc) is 2.66. The lowest BCUT2D eigenvalue weighted by molar-refractivity contribution is 0.102. The lowest BCUT2D eigenvalue weighted by Gasteiger charge is -2.08. The van der Waals surface area contributed by atoms with Gasteiger partial charge in [-0.3, -0.25) is 4.79 Å². The zero-order valence-corrected chi connectivity index (χ0v) is 14.8. The number of nitrogens with one attached hydrogen (secondary N) is 2. The molecule has 3 aromatic rings. The molecule has 0 atom stereocenters. The molecule has 2 aromatic carbocycles. The third kappa shape index (κ3) is 5.21. The van der Waals surface area contributed by atoms with Crippen molar-refractivity contribution >= 4 is 29.0 Å². The lowest BCUT2D eigenvalue weighted by atomic mass is 10.1. The van der Waals surface area contributed by atoms with Crippen molar-refractivity contribution in [1.29, 1.82) is 0 Å². The largest absolute Gasteiger partial charge is 0.370 e. The Morgan fingerprint density at radius 3 is 2.56 bits per heavy atom. The summed E-state index contributed by atoms with van der Waals surface area (Å²) in [4.78, 5) is 20.3. The highest BCUT2D eigenvalue weighted by Crippen LogP contribution is 2.20. The van der Waals surface area contributed by atoms with Crippen LogP contribution in [0.4, 0.5) is 20.3 Å². The van der Waals surface area contributed by atoms with Gasteiger partial charge < -0.3 is 10.6 Å². The van der Waals surface area contributed by atoms with Gasteiger partial charge in [-0.05, 0) is 42.3 Å². The van der Waals surface area contributed by atoms with Gasteiger partial charge >= 0.3 is 0 Å². The van der Waals surface area contributed by atoms with E-state index in [1.54, 1.807) is 12.1 Å². The summed E-state index contributed by atoms with van der Waals surface area (Å²) in [7, 11) is 0. The Morgan fingerprint density at radius 2 is 1.81 bits per heavy atom. The molecule has 1 heterocycles. The van der Waals surface area contributed by atoms with Crippen molar-refractivity contribution in [3.8, 4) is 0 Å². The number of hydrogen-bond acceptors (Lipinski definition) is 4. The van der Waals surface area contributed by atoms with Gasteiger partial charge in [0.05, 0.1) is 5.02 Å². The number of amides is 1. The Kier molecular flexibility index (Phi) is 5.93. The molecule has 1 amide bonds. The summed E-state index contributed by atoms with van der Waals surface area (Å²) in [6.07, 6.45) is 1.94. The zero-order valence-electron chi connectivity index (χ0n) is 14.0. The van der Waals surface area contributed by atoms with Gasteiger partial charge in [-0.15, -0.1) is 0 Å². The quantitative estimate of drug-likeness (QED) is 0.660. The molecule has 0 radical (unpaired) electrons. The molecule has 8 heteroatoms. The Balaban J connectivity index is 1.59. The molecule has 0 aliphatic carbocycles. The Labute approximate surface area is 159 Å². The average molecular weight is 389 g/mol. The van der Waals surface area contributed by atoms with Crippen LogP contribution in [0.2, 0.25) is 5.02 Å². The number of aromatic nitrogens is 2. The van der Waals surface area contributed by atoms with Crippen molar-refractivity contribution in [2.45, 2.75) is 6.42 Å². The van der Waals surface area contributed by atoms with E-state index < -0.39 is 11.7 Å². The van der Waals surface area contributed by atoms with Gasteiger partial charge in [0.15, 0.2) is 0 Å². The number of nitrogens with zero attached hydrogens (tertiary/aromatic N) is 2. The third-order valence-corrected chi connectivity index (χ3v) is 4.00. The van der Waals surface area contributed by atoms with E-state index in [0.29, 0.717) is 24.5 Å². The van der Waals surface area contributed by atoms with Crippen molar-refractivity contribution in [1.82, 2.24) is 9.97 Å². The number of carbonyl (C=O) groups is 1. The van der Waals surface area contributed by atoms with E-state index in [9.17, 15) is 13.6 Å². The van der Waals surface area contributed by atoms with Gasteiger partial charge in [-0.2, -0.15) is 0 Å². The molecule has 0 saturated carbocycles. The van der Waals surface area contributed by atoms with Crippen LogP contribution in [0.15, 0.2) is 54.9 Å². The minimum Gasteiger partial charge on any atom is -0.370 e. The summed E-state index contributed by atoms with van der Waals surface area (Å²) < 4.78 is 26.1. The maximum absolute atomic E-state index is 13.2. The number of benzene rings is 2. The number of carbonyl (C=O) groups excluding carboxylic acids is 1. The topological polar surface area (TPSA) is 66.9 Å². The minimum atomic E-state index is -0.565. The second-order valence-corrected chi connectivity index (χ2v) is 6.08. The third-order valence-electron chi connectivity index (χ3n) is 3.71. The predicted octanol–water partition coefficient (Wildman–Crippen LogP) is 4.32. The maximum Gasteiger partial charge on any atom is 0.274 e. The second-order valence-electron chi connectivity index (χ2n) is 5.67. The van der Waals surface area contributed by atoms with E-state index in [2.05, 4.69) is 20.6 Å². The molecule has 3 rings (SSSR count). The second kappa shape index (κ2) is 8.55. The fourth-order valence-electron chi connectivity index (χ4n) is 2.33. The van der Waals surface area contributed by atoms with Crippen LogP contribution in [0.1, 0.15) is 16.1 Å². The Bertz CT molecular complexity index is 951. The summed E-state index contributed by atoms with van der Waals surface area (Å²) >= 11 is 5.70. The molecule has 27 heavy (non-hydrogen) atoms. The van der Waals surface area contributed by atoms with Crippen molar-refractivity contribution < 1.29 is 13.6 Å². The van der Waals surface area contributed by atoms with E-state index in [-0.39, 0.29) is 16.5 Å². The molecule has 0 aliphatic heterocycles. The highest BCUT2D eigenvalue weighted by Gasteiger charge is 2.10. The van der Waals surface area contributed by atoms with Crippen LogP contribution in [0.25, 0.3) is 0 Å². The molecule has 5 nitrogen and oxygen atoms in total.